The Labute approximate surface area is 227 Å². The van der Waals surface area contributed by atoms with Crippen molar-refractivity contribution in [3.05, 3.63) is 36.0 Å². The molecule has 6 unspecified atom stereocenters. The van der Waals surface area contributed by atoms with E-state index in [1.807, 2.05) is 38.1 Å². The zero-order valence-corrected chi connectivity index (χ0v) is 22.8. The molecule has 12 nitrogen and oxygen atoms in total. The number of aromatic amines is 1. The molecule has 2 rings (SSSR count). The lowest BCUT2D eigenvalue weighted by Crippen LogP contribution is -2.59. The minimum absolute atomic E-state index is 0.0599. The fourth-order valence-electron chi connectivity index (χ4n) is 4.13. The molecule has 0 saturated heterocycles. The number of fused-ring (bicyclic) bond motifs is 1. The Kier molecular flexibility index (Phi) is 11.5. The maximum atomic E-state index is 13.5. The molecule has 2 aromatic rings. The second kappa shape index (κ2) is 14.3. The number of benzene rings is 1. The van der Waals surface area contributed by atoms with E-state index < -0.39 is 66.1 Å². The highest BCUT2D eigenvalue weighted by Gasteiger charge is 2.33. The molecule has 1 aromatic heterocycles. The first-order chi connectivity index (χ1) is 18.4. The zero-order valence-electron chi connectivity index (χ0n) is 22.8. The third kappa shape index (κ3) is 8.54. The number of hydrogen-bond acceptors (Lipinski definition) is 6. The van der Waals surface area contributed by atoms with Crippen LogP contribution in [0.3, 0.4) is 0 Å². The van der Waals surface area contributed by atoms with Crippen LogP contribution in [0.4, 0.5) is 0 Å². The van der Waals surface area contributed by atoms with Gasteiger partial charge in [-0.3, -0.25) is 19.2 Å². The smallest absolute Gasteiger partial charge is 0.326 e. The fraction of sp³-hybridized carbons (Fsp3) is 0.519. The molecule has 0 aliphatic carbocycles. The molecule has 0 saturated carbocycles. The van der Waals surface area contributed by atoms with Crippen molar-refractivity contribution in [2.75, 3.05) is 0 Å². The number of carbonyl (C=O) groups is 5. The van der Waals surface area contributed by atoms with Gasteiger partial charge in [0.25, 0.3) is 0 Å². The highest BCUT2D eigenvalue weighted by molar-refractivity contribution is 5.96. The number of rotatable bonds is 15. The number of nitrogens with one attached hydrogen (secondary N) is 4. The summed E-state index contributed by atoms with van der Waals surface area (Å²) in [6.45, 7) is 7.15. The SMILES string of the molecule is CCC(C)C(N)C(=O)NC(Cc1c[nH]c2ccccc12)C(=O)NC(CC(N)=O)C(=O)NC(C(=O)O)C(C)CC. The molecule has 1 aromatic carbocycles. The van der Waals surface area contributed by atoms with Crippen LogP contribution in [0.5, 0.6) is 0 Å². The quantitative estimate of drug-likeness (QED) is 0.169. The van der Waals surface area contributed by atoms with Gasteiger partial charge in [-0.15, -0.1) is 0 Å². The predicted octanol–water partition coefficient (Wildman–Crippen LogP) is 0.544. The van der Waals surface area contributed by atoms with E-state index in [9.17, 15) is 29.1 Å². The predicted molar refractivity (Wildman–Crippen MR) is 146 cm³/mol. The topological polar surface area (TPSA) is 209 Å². The van der Waals surface area contributed by atoms with Crippen LogP contribution >= 0.6 is 0 Å². The summed E-state index contributed by atoms with van der Waals surface area (Å²) in [6.07, 6.45) is 2.34. The van der Waals surface area contributed by atoms with Crippen molar-refractivity contribution in [1.29, 1.82) is 0 Å². The Morgan fingerprint density at radius 3 is 2.08 bits per heavy atom. The summed E-state index contributed by atoms with van der Waals surface area (Å²) in [5.41, 5.74) is 13.0. The number of nitrogens with two attached hydrogens (primary N) is 2. The standard InChI is InChI=1S/C27H40N6O6/c1-5-14(3)22(29)26(37)32-19(11-16-13-30-18-10-8-7-9-17(16)18)24(35)31-20(12-21(28)34)25(36)33-23(27(38)39)15(4)6-2/h7-10,13-15,19-20,22-23,30H,5-6,11-12,29H2,1-4H3,(H2,28,34)(H,31,35)(H,32,37)(H,33,36)(H,38,39). The molecule has 0 aliphatic heterocycles. The van der Waals surface area contributed by atoms with Gasteiger partial charge in [0.15, 0.2) is 0 Å². The second-order valence-electron chi connectivity index (χ2n) is 9.98. The van der Waals surface area contributed by atoms with E-state index in [0.29, 0.717) is 12.8 Å². The van der Waals surface area contributed by atoms with E-state index in [4.69, 9.17) is 11.5 Å². The van der Waals surface area contributed by atoms with E-state index in [1.54, 1.807) is 20.0 Å². The molecule has 1 heterocycles. The molecule has 0 fully saturated rings. The van der Waals surface area contributed by atoms with Crippen molar-refractivity contribution < 1.29 is 29.1 Å². The van der Waals surface area contributed by atoms with Crippen LogP contribution < -0.4 is 27.4 Å². The molecule has 0 radical (unpaired) electrons. The van der Waals surface area contributed by atoms with Crippen LogP contribution in [-0.2, 0) is 30.4 Å². The number of hydrogen-bond donors (Lipinski definition) is 7. The van der Waals surface area contributed by atoms with E-state index in [2.05, 4.69) is 20.9 Å². The van der Waals surface area contributed by atoms with Crippen LogP contribution in [0, 0.1) is 11.8 Å². The molecule has 4 amide bonds. The largest absolute Gasteiger partial charge is 0.480 e. The summed E-state index contributed by atoms with van der Waals surface area (Å²) in [4.78, 5) is 66.0. The number of aliphatic carboxylic acids is 1. The molecule has 9 N–H and O–H groups in total. The van der Waals surface area contributed by atoms with Crippen molar-refractivity contribution in [2.45, 2.75) is 77.5 Å². The van der Waals surface area contributed by atoms with Gasteiger partial charge in [-0.05, 0) is 23.5 Å². The summed E-state index contributed by atoms with van der Waals surface area (Å²) in [6, 6.07) is 2.73. The lowest BCUT2D eigenvalue weighted by atomic mass is 9.97. The van der Waals surface area contributed by atoms with Gasteiger partial charge in [-0.1, -0.05) is 58.7 Å². The van der Waals surface area contributed by atoms with Crippen LogP contribution in [0.2, 0.25) is 0 Å². The molecule has 12 heteroatoms. The number of H-pyrrole nitrogens is 1. The first-order valence-corrected chi connectivity index (χ1v) is 13.1. The van der Waals surface area contributed by atoms with Gasteiger partial charge in [-0.25, -0.2) is 4.79 Å². The third-order valence-corrected chi connectivity index (χ3v) is 7.11. The highest BCUT2D eigenvalue weighted by atomic mass is 16.4. The second-order valence-corrected chi connectivity index (χ2v) is 9.98. The number of primary amides is 1. The van der Waals surface area contributed by atoms with Crippen molar-refractivity contribution in [2.24, 2.45) is 23.3 Å². The molecular weight excluding hydrogens is 504 g/mol. The normalized spacial score (nSPS) is 15.8. The number of carboxylic acid groups (broad SMARTS) is 1. The number of aromatic nitrogens is 1. The summed E-state index contributed by atoms with van der Waals surface area (Å²) in [5, 5.41) is 18.0. The van der Waals surface area contributed by atoms with Gasteiger partial charge >= 0.3 is 5.97 Å². The van der Waals surface area contributed by atoms with Crippen molar-refractivity contribution >= 4 is 40.5 Å². The molecular formula is C27H40N6O6. The van der Waals surface area contributed by atoms with Gasteiger partial charge < -0.3 is 37.5 Å². The molecule has 39 heavy (non-hydrogen) atoms. The fourth-order valence-corrected chi connectivity index (χ4v) is 4.13. The van der Waals surface area contributed by atoms with Crippen LogP contribution in [0.1, 0.15) is 52.5 Å². The Hall–Kier alpha value is -3.93. The molecule has 0 bridgehead atoms. The third-order valence-electron chi connectivity index (χ3n) is 7.11. The van der Waals surface area contributed by atoms with Gasteiger partial charge in [-0.2, -0.15) is 0 Å². The number of amides is 4. The minimum Gasteiger partial charge on any atom is -0.480 e. The summed E-state index contributed by atoms with van der Waals surface area (Å²) < 4.78 is 0. The van der Waals surface area contributed by atoms with Crippen LogP contribution in [-0.4, -0.2) is 63.9 Å². The molecule has 214 valence electrons. The highest BCUT2D eigenvalue weighted by Crippen LogP contribution is 2.19. The summed E-state index contributed by atoms with van der Waals surface area (Å²) in [5.74, 6) is -4.84. The van der Waals surface area contributed by atoms with Crippen molar-refractivity contribution in [3.63, 3.8) is 0 Å². The monoisotopic (exact) mass is 544 g/mol. The number of carboxylic acids is 1. The molecule has 6 atom stereocenters. The average Bonchev–Trinajstić information content (AvgIpc) is 3.31. The van der Waals surface area contributed by atoms with Crippen LogP contribution in [0.15, 0.2) is 30.5 Å². The van der Waals surface area contributed by atoms with E-state index in [1.165, 1.54) is 0 Å². The van der Waals surface area contributed by atoms with Crippen molar-refractivity contribution in [1.82, 2.24) is 20.9 Å². The van der Waals surface area contributed by atoms with E-state index in [-0.39, 0.29) is 12.3 Å². The van der Waals surface area contributed by atoms with Crippen LogP contribution in [0.25, 0.3) is 10.9 Å². The lowest BCUT2D eigenvalue weighted by molar-refractivity contribution is -0.144. The molecule has 0 spiro atoms. The molecule has 0 aliphatic rings. The Morgan fingerprint density at radius 2 is 1.49 bits per heavy atom. The average molecular weight is 545 g/mol. The summed E-state index contributed by atoms with van der Waals surface area (Å²) in [7, 11) is 0. The Bertz CT molecular complexity index is 1180. The summed E-state index contributed by atoms with van der Waals surface area (Å²) >= 11 is 0. The van der Waals surface area contributed by atoms with Gasteiger partial charge in [0.1, 0.15) is 18.1 Å². The van der Waals surface area contributed by atoms with Crippen molar-refractivity contribution in [3.8, 4) is 0 Å². The maximum Gasteiger partial charge on any atom is 0.326 e. The van der Waals surface area contributed by atoms with Gasteiger partial charge in [0.2, 0.25) is 23.6 Å². The number of para-hydroxylation sites is 1. The lowest BCUT2D eigenvalue weighted by Gasteiger charge is -2.26. The zero-order chi connectivity index (χ0) is 29.3. The maximum absolute atomic E-state index is 13.5. The minimum atomic E-state index is -1.45. The Balaban J connectivity index is 2.34. The number of carbonyl (C=O) groups excluding carboxylic acids is 4. The first kappa shape index (κ1) is 31.3. The van der Waals surface area contributed by atoms with E-state index in [0.717, 1.165) is 16.5 Å². The van der Waals surface area contributed by atoms with Gasteiger partial charge in [0, 0.05) is 23.5 Å². The Morgan fingerprint density at radius 1 is 0.897 bits per heavy atom. The van der Waals surface area contributed by atoms with E-state index >= 15 is 0 Å². The first-order valence-electron chi connectivity index (χ1n) is 13.1. The van der Waals surface area contributed by atoms with Gasteiger partial charge in [0.05, 0.1) is 12.5 Å².